The van der Waals surface area contributed by atoms with Gasteiger partial charge in [0.05, 0.1) is 18.4 Å². The second-order valence-electron chi connectivity index (χ2n) is 5.65. The molecule has 126 valence electrons. The van der Waals surface area contributed by atoms with Crippen LogP contribution in [0.5, 0.6) is 0 Å². The van der Waals surface area contributed by atoms with Crippen LogP contribution in [0.4, 0.5) is 9.18 Å². The van der Waals surface area contributed by atoms with Crippen LogP contribution in [0.25, 0.3) is 0 Å². The Morgan fingerprint density at radius 3 is 2.60 bits per heavy atom. The summed E-state index contributed by atoms with van der Waals surface area (Å²) in [5.41, 5.74) is 0.839. The number of hydrogen-bond acceptors (Lipinski definition) is 4. The second-order valence-corrected chi connectivity index (χ2v) is 5.65. The lowest BCUT2D eigenvalue weighted by atomic mass is 9.93. The van der Waals surface area contributed by atoms with Crippen LogP contribution in [0, 0.1) is 17.1 Å². The molecule has 0 N–H and O–H groups in total. The molecule has 5 nitrogen and oxygen atoms in total. The molecule has 1 saturated heterocycles. The van der Waals surface area contributed by atoms with Gasteiger partial charge in [-0.25, -0.2) is 14.1 Å². The van der Waals surface area contributed by atoms with Crippen LogP contribution in [0.1, 0.15) is 29.5 Å². The summed E-state index contributed by atoms with van der Waals surface area (Å²) in [6.45, 7) is 0.0329. The molecule has 0 saturated carbocycles. The largest absolute Gasteiger partial charge is 0.446 e. The van der Waals surface area contributed by atoms with Crippen molar-refractivity contribution < 1.29 is 18.7 Å². The number of carbonyl (C=O) groups is 2. The third-order valence-electron chi connectivity index (χ3n) is 4.17. The van der Waals surface area contributed by atoms with E-state index in [0.717, 1.165) is 10.5 Å². The van der Waals surface area contributed by atoms with E-state index >= 15 is 0 Å². The number of benzene rings is 2. The molecule has 2 amide bonds. The Kier molecular flexibility index (Phi) is 4.75. The predicted octanol–water partition coefficient (Wildman–Crippen LogP) is 3.54. The Morgan fingerprint density at radius 1 is 1.24 bits per heavy atom. The highest BCUT2D eigenvalue weighted by atomic mass is 19.1. The summed E-state index contributed by atoms with van der Waals surface area (Å²) in [7, 11) is 0. The van der Waals surface area contributed by atoms with Crippen LogP contribution in [0.15, 0.2) is 54.6 Å². The van der Waals surface area contributed by atoms with Crippen molar-refractivity contribution in [3.05, 3.63) is 71.5 Å². The number of ether oxygens (including phenoxy) is 1. The highest BCUT2D eigenvalue weighted by molar-refractivity contribution is 5.97. The number of imide groups is 1. The maximum absolute atomic E-state index is 14.1. The number of carbonyl (C=O) groups excluding carboxylic acids is 2. The summed E-state index contributed by atoms with van der Waals surface area (Å²) >= 11 is 0. The first-order valence-electron chi connectivity index (χ1n) is 7.79. The average Bonchev–Trinajstić information content (AvgIpc) is 3.02. The molecule has 0 radical (unpaired) electrons. The lowest BCUT2D eigenvalue weighted by molar-refractivity contribution is -0.130. The van der Waals surface area contributed by atoms with Gasteiger partial charge in [-0.15, -0.1) is 0 Å². The number of nitrogens with zero attached hydrogens (tertiary/aromatic N) is 2. The van der Waals surface area contributed by atoms with E-state index in [2.05, 4.69) is 0 Å². The van der Waals surface area contributed by atoms with Crippen molar-refractivity contribution in [2.24, 2.45) is 0 Å². The highest BCUT2D eigenvalue weighted by Gasteiger charge is 2.42. The van der Waals surface area contributed by atoms with E-state index in [-0.39, 0.29) is 18.6 Å². The van der Waals surface area contributed by atoms with Crippen molar-refractivity contribution in [1.29, 1.82) is 5.26 Å². The number of hydrogen-bond donors (Lipinski definition) is 0. The van der Waals surface area contributed by atoms with Crippen molar-refractivity contribution in [1.82, 2.24) is 4.90 Å². The van der Waals surface area contributed by atoms with Gasteiger partial charge in [0.2, 0.25) is 5.91 Å². The van der Waals surface area contributed by atoms with Gasteiger partial charge in [0.25, 0.3) is 0 Å². The number of rotatable bonds is 4. The normalized spacial score (nSPS) is 17.7. The lowest BCUT2D eigenvalue weighted by Gasteiger charge is -2.24. The molecule has 2 aromatic rings. The van der Waals surface area contributed by atoms with E-state index in [4.69, 9.17) is 10.00 Å². The van der Waals surface area contributed by atoms with Crippen LogP contribution in [-0.2, 0) is 9.53 Å². The first kappa shape index (κ1) is 16.7. The summed E-state index contributed by atoms with van der Waals surface area (Å²) in [4.78, 5) is 26.1. The summed E-state index contributed by atoms with van der Waals surface area (Å²) < 4.78 is 19.2. The van der Waals surface area contributed by atoms with Crippen molar-refractivity contribution in [2.45, 2.75) is 18.4 Å². The first-order valence-corrected chi connectivity index (χ1v) is 7.79. The quantitative estimate of drug-likeness (QED) is 0.855. The maximum atomic E-state index is 14.1. The van der Waals surface area contributed by atoms with Gasteiger partial charge in [0.1, 0.15) is 18.5 Å². The van der Waals surface area contributed by atoms with Gasteiger partial charge in [-0.3, -0.25) is 4.79 Å². The average molecular weight is 338 g/mol. The summed E-state index contributed by atoms with van der Waals surface area (Å²) in [5.74, 6) is -2.29. The SMILES string of the molecule is N#CC[C@@H](C(=O)N1C(=O)OCC1c1ccccc1)c1ccccc1F. The second kappa shape index (κ2) is 7.14. The molecule has 0 bridgehead atoms. The number of cyclic esters (lactones) is 1. The van der Waals surface area contributed by atoms with Crippen LogP contribution in [-0.4, -0.2) is 23.5 Å². The molecule has 0 aliphatic carbocycles. The third kappa shape index (κ3) is 3.22. The zero-order chi connectivity index (χ0) is 17.8. The van der Waals surface area contributed by atoms with Gasteiger partial charge in [0, 0.05) is 5.56 Å². The molecule has 2 atom stereocenters. The van der Waals surface area contributed by atoms with E-state index in [1.807, 2.05) is 12.1 Å². The Morgan fingerprint density at radius 2 is 1.92 bits per heavy atom. The molecule has 3 rings (SSSR count). The maximum Gasteiger partial charge on any atom is 0.417 e. The molecule has 1 heterocycles. The minimum atomic E-state index is -1.07. The van der Waals surface area contributed by atoms with Crippen molar-refractivity contribution in [3.8, 4) is 6.07 Å². The lowest BCUT2D eigenvalue weighted by Crippen LogP contribution is -2.38. The molecule has 1 aliphatic heterocycles. The Bertz CT molecular complexity index is 832. The molecule has 2 aromatic carbocycles. The minimum Gasteiger partial charge on any atom is -0.446 e. The summed E-state index contributed by atoms with van der Waals surface area (Å²) in [6.07, 6.45) is -1.01. The standard InChI is InChI=1S/C19H15FN2O3/c20-16-9-5-4-8-14(16)15(10-11-21)18(23)22-17(12-25-19(22)24)13-6-2-1-3-7-13/h1-9,15,17H,10,12H2/t15-,17?/m1/s1. The molecule has 0 spiro atoms. The van der Waals surface area contributed by atoms with E-state index in [1.54, 1.807) is 30.3 Å². The molecule has 25 heavy (non-hydrogen) atoms. The molecule has 0 aromatic heterocycles. The fraction of sp³-hybridized carbons (Fsp3) is 0.211. The van der Waals surface area contributed by atoms with Crippen molar-refractivity contribution >= 4 is 12.0 Å². The topological polar surface area (TPSA) is 70.4 Å². The summed E-state index contributed by atoms with van der Waals surface area (Å²) in [5, 5.41) is 9.07. The van der Waals surface area contributed by atoms with E-state index < -0.39 is 29.8 Å². The highest BCUT2D eigenvalue weighted by Crippen LogP contribution is 2.33. The van der Waals surface area contributed by atoms with Crippen molar-refractivity contribution in [2.75, 3.05) is 6.61 Å². The van der Waals surface area contributed by atoms with Crippen LogP contribution < -0.4 is 0 Å². The van der Waals surface area contributed by atoms with E-state index in [0.29, 0.717) is 0 Å². The number of halogens is 1. The predicted molar refractivity (Wildman–Crippen MR) is 86.7 cm³/mol. The zero-order valence-corrected chi connectivity index (χ0v) is 13.3. The third-order valence-corrected chi connectivity index (χ3v) is 4.17. The Balaban J connectivity index is 1.97. The molecular formula is C19H15FN2O3. The van der Waals surface area contributed by atoms with Gasteiger partial charge in [-0.05, 0) is 11.6 Å². The smallest absolute Gasteiger partial charge is 0.417 e. The first-order chi connectivity index (χ1) is 12.1. The van der Waals surface area contributed by atoms with Crippen LogP contribution in [0.2, 0.25) is 0 Å². The molecular weight excluding hydrogens is 323 g/mol. The Labute approximate surface area is 144 Å². The van der Waals surface area contributed by atoms with Crippen molar-refractivity contribution in [3.63, 3.8) is 0 Å². The van der Waals surface area contributed by atoms with Gasteiger partial charge < -0.3 is 4.74 Å². The Hall–Kier alpha value is -3.20. The minimum absolute atomic E-state index is 0.0329. The van der Waals surface area contributed by atoms with Gasteiger partial charge in [-0.2, -0.15) is 5.26 Å². The zero-order valence-electron chi connectivity index (χ0n) is 13.3. The number of nitriles is 1. The molecule has 1 aliphatic rings. The molecule has 1 fully saturated rings. The molecule has 6 heteroatoms. The van der Waals surface area contributed by atoms with E-state index in [1.165, 1.54) is 18.2 Å². The molecule has 1 unspecified atom stereocenters. The van der Waals surface area contributed by atoms with Gasteiger partial charge >= 0.3 is 6.09 Å². The monoisotopic (exact) mass is 338 g/mol. The van der Waals surface area contributed by atoms with Crippen LogP contribution in [0.3, 0.4) is 0 Å². The van der Waals surface area contributed by atoms with Gasteiger partial charge in [-0.1, -0.05) is 48.5 Å². The van der Waals surface area contributed by atoms with E-state index in [9.17, 15) is 14.0 Å². The summed E-state index contributed by atoms with van der Waals surface area (Å²) in [6, 6.07) is 16.1. The van der Waals surface area contributed by atoms with Gasteiger partial charge in [0.15, 0.2) is 0 Å². The number of amides is 2. The van der Waals surface area contributed by atoms with Crippen LogP contribution >= 0.6 is 0 Å². The fourth-order valence-corrected chi connectivity index (χ4v) is 2.93. The fourth-order valence-electron chi connectivity index (χ4n) is 2.93.